The van der Waals surface area contributed by atoms with Crippen LogP contribution in [0.4, 0.5) is 4.39 Å². The van der Waals surface area contributed by atoms with E-state index in [0.29, 0.717) is 24.3 Å². The van der Waals surface area contributed by atoms with Crippen LogP contribution in [0.25, 0.3) is 0 Å². The molecule has 1 fully saturated rings. The summed E-state index contributed by atoms with van der Waals surface area (Å²) in [4.78, 5) is 0. The van der Waals surface area contributed by atoms with Crippen molar-refractivity contribution in [3.63, 3.8) is 0 Å². The molecule has 0 spiro atoms. The number of halogens is 1. The lowest BCUT2D eigenvalue weighted by molar-refractivity contribution is -0.0417. The minimum atomic E-state index is -0.894. The molecule has 0 amide bonds. The number of aliphatic hydroxyl groups is 1. The lowest BCUT2D eigenvalue weighted by Crippen LogP contribution is -2.34. The van der Waals surface area contributed by atoms with E-state index in [1.165, 1.54) is 6.07 Å². The molecule has 0 unspecified atom stereocenters. The van der Waals surface area contributed by atoms with Crippen molar-refractivity contribution in [1.82, 2.24) is 0 Å². The van der Waals surface area contributed by atoms with Crippen molar-refractivity contribution in [3.8, 4) is 0 Å². The highest BCUT2D eigenvalue weighted by atomic mass is 19.1. The predicted octanol–water partition coefficient (Wildman–Crippen LogP) is 3.32. The molecule has 0 bridgehead atoms. The lowest BCUT2D eigenvalue weighted by atomic mass is 9.74. The molecule has 0 saturated heterocycles. The van der Waals surface area contributed by atoms with Crippen LogP contribution in [0.15, 0.2) is 18.2 Å². The van der Waals surface area contributed by atoms with E-state index in [0.717, 1.165) is 12.0 Å². The first-order chi connectivity index (χ1) is 7.03. The molecular formula is C13H17FO. The number of hydrogen-bond acceptors (Lipinski definition) is 1. The molecule has 2 rings (SSSR count). The summed E-state index contributed by atoms with van der Waals surface area (Å²) >= 11 is 0. The highest BCUT2D eigenvalue weighted by molar-refractivity contribution is 5.32. The fraction of sp³-hybridized carbons (Fsp3) is 0.538. The van der Waals surface area contributed by atoms with Crippen molar-refractivity contribution < 1.29 is 9.50 Å². The van der Waals surface area contributed by atoms with E-state index >= 15 is 0 Å². The second kappa shape index (κ2) is 3.60. The van der Waals surface area contributed by atoms with Crippen molar-refractivity contribution in [2.24, 2.45) is 0 Å². The maximum Gasteiger partial charge on any atom is 0.129 e. The SMILES string of the molecule is CC(C)c1ccc(F)c(C2(O)CCC2)c1. The van der Waals surface area contributed by atoms with Gasteiger partial charge in [0.25, 0.3) is 0 Å². The van der Waals surface area contributed by atoms with Crippen molar-refractivity contribution in [1.29, 1.82) is 0 Å². The average molecular weight is 208 g/mol. The fourth-order valence-electron chi connectivity index (χ4n) is 2.04. The van der Waals surface area contributed by atoms with E-state index in [1.54, 1.807) is 6.07 Å². The van der Waals surface area contributed by atoms with Gasteiger partial charge in [0, 0.05) is 5.56 Å². The first kappa shape index (κ1) is 10.6. The van der Waals surface area contributed by atoms with Gasteiger partial charge in [-0.05, 0) is 42.9 Å². The van der Waals surface area contributed by atoms with E-state index in [-0.39, 0.29) is 5.82 Å². The minimum Gasteiger partial charge on any atom is -0.385 e. The third kappa shape index (κ3) is 1.78. The Morgan fingerprint density at radius 1 is 1.33 bits per heavy atom. The molecule has 0 heterocycles. The standard InChI is InChI=1S/C13H17FO/c1-9(2)10-4-5-12(14)11(8-10)13(15)6-3-7-13/h4-5,8-9,15H,3,6-7H2,1-2H3. The normalized spacial score (nSPS) is 19.0. The number of benzene rings is 1. The van der Waals surface area contributed by atoms with Gasteiger partial charge < -0.3 is 5.11 Å². The van der Waals surface area contributed by atoms with E-state index in [9.17, 15) is 9.50 Å². The van der Waals surface area contributed by atoms with Crippen molar-refractivity contribution in [3.05, 3.63) is 35.1 Å². The molecule has 0 aliphatic heterocycles. The van der Waals surface area contributed by atoms with Crippen LogP contribution < -0.4 is 0 Å². The second-order valence-corrected chi connectivity index (χ2v) is 4.78. The van der Waals surface area contributed by atoms with E-state index in [1.807, 2.05) is 6.07 Å². The monoisotopic (exact) mass is 208 g/mol. The quantitative estimate of drug-likeness (QED) is 0.790. The van der Waals surface area contributed by atoms with Gasteiger partial charge in [-0.3, -0.25) is 0 Å². The summed E-state index contributed by atoms with van der Waals surface area (Å²) in [6.45, 7) is 4.14. The van der Waals surface area contributed by atoms with Gasteiger partial charge >= 0.3 is 0 Å². The summed E-state index contributed by atoms with van der Waals surface area (Å²) in [5.41, 5.74) is 0.682. The van der Waals surface area contributed by atoms with Gasteiger partial charge in [0.15, 0.2) is 0 Å². The highest BCUT2D eigenvalue weighted by Crippen LogP contribution is 2.42. The zero-order valence-corrected chi connectivity index (χ0v) is 9.26. The van der Waals surface area contributed by atoms with Gasteiger partial charge in [0.1, 0.15) is 5.82 Å². The Morgan fingerprint density at radius 2 is 2.00 bits per heavy atom. The Bertz CT molecular complexity index is 367. The van der Waals surface area contributed by atoms with Crippen molar-refractivity contribution in [2.45, 2.75) is 44.6 Å². The first-order valence-corrected chi connectivity index (χ1v) is 5.55. The number of rotatable bonds is 2. The van der Waals surface area contributed by atoms with Crippen molar-refractivity contribution >= 4 is 0 Å². The topological polar surface area (TPSA) is 20.2 Å². The van der Waals surface area contributed by atoms with Crippen molar-refractivity contribution in [2.75, 3.05) is 0 Å². The van der Waals surface area contributed by atoms with Crippen LogP contribution in [0.2, 0.25) is 0 Å². The summed E-state index contributed by atoms with van der Waals surface area (Å²) in [5.74, 6) is 0.0922. The summed E-state index contributed by atoms with van der Waals surface area (Å²) < 4.78 is 13.6. The maximum absolute atomic E-state index is 13.6. The van der Waals surface area contributed by atoms with E-state index < -0.39 is 5.60 Å². The molecule has 1 N–H and O–H groups in total. The third-order valence-electron chi connectivity index (χ3n) is 3.34. The zero-order valence-electron chi connectivity index (χ0n) is 9.26. The summed E-state index contributed by atoms with van der Waals surface area (Å²) in [6.07, 6.45) is 2.36. The zero-order chi connectivity index (χ0) is 11.1. The van der Waals surface area contributed by atoms with Gasteiger partial charge in [0.2, 0.25) is 0 Å². The smallest absolute Gasteiger partial charge is 0.129 e. The average Bonchev–Trinajstić information content (AvgIpc) is 2.14. The Hall–Kier alpha value is -0.890. The Balaban J connectivity index is 2.41. The molecule has 0 radical (unpaired) electrons. The summed E-state index contributed by atoms with van der Waals surface area (Å²) in [6, 6.07) is 5.09. The Morgan fingerprint density at radius 3 is 2.47 bits per heavy atom. The van der Waals surface area contributed by atoms with E-state index in [2.05, 4.69) is 13.8 Å². The van der Waals surface area contributed by atoms with Crippen LogP contribution in [-0.2, 0) is 5.60 Å². The molecule has 1 aromatic rings. The predicted molar refractivity (Wildman–Crippen MR) is 58.2 cm³/mol. The molecule has 82 valence electrons. The summed E-state index contributed by atoms with van der Waals surface area (Å²) in [5, 5.41) is 10.1. The van der Waals surface area contributed by atoms with Crippen LogP contribution in [0.1, 0.15) is 50.2 Å². The molecule has 2 heteroatoms. The van der Waals surface area contributed by atoms with Gasteiger partial charge in [-0.1, -0.05) is 19.9 Å². The molecule has 1 saturated carbocycles. The lowest BCUT2D eigenvalue weighted by Gasteiger charge is -2.37. The molecule has 0 atom stereocenters. The summed E-state index contributed by atoms with van der Waals surface area (Å²) in [7, 11) is 0. The first-order valence-electron chi connectivity index (χ1n) is 5.55. The maximum atomic E-state index is 13.6. The molecule has 1 aromatic carbocycles. The van der Waals surface area contributed by atoms with Crippen LogP contribution in [-0.4, -0.2) is 5.11 Å². The largest absolute Gasteiger partial charge is 0.385 e. The van der Waals surface area contributed by atoms with Crippen LogP contribution in [0.5, 0.6) is 0 Å². The second-order valence-electron chi connectivity index (χ2n) is 4.78. The molecular weight excluding hydrogens is 191 g/mol. The molecule has 0 aromatic heterocycles. The molecule has 15 heavy (non-hydrogen) atoms. The van der Waals surface area contributed by atoms with Gasteiger partial charge in [-0.15, -0.1) is 0 Å². The third-order valence-corrected chi connectivity index (χ3v) is 3.34. The van der Waals surface area contributed by atoms with Crippen LogP contribution in [0, 0.1) is 5.82 Å². The minimum absolute atomic E-state index is 0.276. The number of hydrogen-bond donors (Lipinski definition) is 1. The van der Waals surface area contributed by atoms with Gasteiger partial charge in [0.05, 0.1) is 5.60 Å². The Labute approximate surface area is 89.9 Å². The molecule has 1 aliphatic rings. The van der Waals surface area contributed by atoms with E-state index in [4.69, 9.17) is 0 Å². The Kier molecular flexibility index (Phi) is 2.55. The molecule has 1 nitrogen and oxygen atoms in total. The van der Waals surface area contributed by atoms with Crippen LogP contribution in [0.3, 0.4) is 0 Å². The molecule has 1 aliphatic carbocycles. The van der Waals surface area contributed by atoms with Gasteiger partial charge in [-0.2, -0.15) is 0 Å². The van der Waals surface area contributed by atoms with Gasteiger partial charge in [-0.25, -0.2) is 4.39 Å². The highest BCUT2D eigenvalue weighted by Gasteiger charge is 2.38. The van der Waals surface area contributed by atoms with Crippen LogP contribution >= 0.6 is 0 Å². The fourth-order valence-corrected chi connectivity index (χ4v) is 2.04.